The lowest BCUT2D eigenvalue weighted by Gasteiger charge is -2.16. The van der Waals surface area contributed by atoms with Gasteiger partial charge in [0, 0.05) is 129 Å². The van der Waals surface area contributed by atoms with Crippen molar-refractivity contribution in [2.24, 2.45) is 0 Å². The van der Waals surface area contributed by atoms with E-state index in [0.29, 0.717) is 11.6 Å². The van der Waals surface area contributed by atoms with Gasteiger partial charge in [-0.25, -0.2) is 19.9 Å². The second kappa shape index (κ2) is 28.9. The smallest absolute Gasteiger partial charge is 0.161 e. The molecule has 134 heavy (non-hydrogen) atoms. The van der Waals surface area contributed by atoms with Crippen LogP contribution in [-0.2, 0) is 0 Å². The van der Waals surface area contributed by atoms with E-state index < -0.39 is 0 Å². The number of nitrogens with zero attached hydrogens (tertiary/aromatic N) is 8. The van der Waals surface area contributed by atoms with E-state index in [1.165, 1.54) is 128 Å². The van der Waals surface area contributed by atoms with Crippen LogP contribution in [0.1, 0.15) is 0 Å². The number of fused-ring (bicyclic) bond motifs is 26. The Kier molecular flexibility index (Phi) is 16.0. The molecule has 0 bridgehead atoms. The third-order valence-corrected chi connectivity index (χ3v) is 29.3. The average molecular weight is 1720 g/mol. The zero-order valence-electron chi connectivity index (χ0n) is 72.0. The van der Waals surface area contributed by atoms with E-state index in [1.54, 1.807) is 0 Å². The van der Waals surface area contributed by atoms with Crippen molar-refractivity contribution in [1.82, 2.24) is 38.2 Å². The molecule has 0 radical (unpaired) electrons. The second-order valence-corrected chi connectivity index (χ2v) is 36.4. The first kappa shape index (κ1) is 74.3. The monoisotopic (exact) mass is 1720 g/mol. The van der Waals surface area contributed by atoms with Gasteiger partial charge in [0.1, 0.15) is 11.2 Å². The summed E-state index contributed by atoms with van der Waals surface area (Å²) < 4.78 is 19.0. The lowest BCUT2D eigenvalue weighted by molar-refractivity contribution is 0.670. The lowest BCUT2D eigenvalue weighted by atomic mass is 10.00. The summed E-state index contributed by atoms with van der Waals surface area (Å²) in [5.41, 5.74) is 23.1. The number of aromatic nitrogens is 8. The van der Waals surface area contributed by atoms with Gasteiger partial charge in [0.15, 0.2) is 11.6 Å². The summed E-state index contributed by atoms with van der Waals surface area (Å²) in [7, 11) is 0. The molecule has 8 heterocycles. The summed E-state index contributed by atoms with van der Waals surface area (Å²) >= 11 is 1.84. The van der Waals surface area contributed by atoms with E-state index in [-0.39, 0.29) is 0 Å². The fourth-order valence-electron chi connectivity index (χ4n) is 22.1. The summed E-state index contributed by atoms with van der Waals surface area (Å²) in [4.78, 5) is 21.6. The van der Waals surface area contributed by atoms with Gasteiger partial charge in [-0.05, 0) is 187 Å². The van der Waals surface area contributed by atoms with Gasteiger partial charge in [0.2, 0.25) is 0 Å². The van der Waals surface area contributed by atoms with Crippen LogP contribution in [0.3, 0.4) is 0 Å². The minimum absolute atomic E-state index is 0.666. The van der Waals surface area contributed by atoms with Crippen LogP contribution in [0.2, 0.25) is 0 Å². The number of para-hydroxylation sites is 6. The van der Waals surface area contributed by atoms with Crippen LogP contribution in [-0.4, -0.2) is 38.2 Å². The summed E-state index contributed by atoms with van der Waals surface area (Å²) in [6.07, 6.45) is 0. The Morgan fingerprint density at radius 2 is 0.545 bits per heavy atom. The molecule has 0 N–H and O–H groups in total. The zero-order valence-corrected chi connectivity index (χ0v) is 72.8. The number of hydrogen-bond acceptors (Lipinski definition) is 6. The molecular weight excluding hydrogens is 1650 g/mol. The standard InChI is InChI=1S/C62H36N4O.C62H36N4S/c1-3-16-39-34-56-51(32-37(39)14-1)44-20-8-11-26-54(44)65(56)41-28-29-45-52-33-38-15-2-4-17-40(38)35-57(52)66(58(45)36-41)55-31-30-48(42-18-5-6-19-43(42)55)62-63-53-25-10-7-22-49(53)60(64-62)50-24-13-23-47-46-21-9-12-27-59(46)67-61(47)50;1-3-16-39-34-56-51(32-37(39)14-1)44-18-6-9-27-54(44)65(56)41-30-31-45-52-33-38-15-2-4-17-40(38)35-57(52)66(58(45)36-41)55-28-13-21-42-43(55)22-11-24-48(42)62-63-53-26-8-5-20-49(53)60(64-62)50-25-12-23-47-46-19-7-10-29-59(46)67-61(47)50/h2*1-36H. The Balaban J connectivity index is 0.000000131. The molecule has 8 aromatic heterocycles. The molecule has 0 amide bonds. The maximum atomic E-state index is 6.58. The molecule has 0 aliphatic heterocycles. The highest BCUT2D eigenvalue weighted by Gasteiger charge is 2.27. The van der Waals surface area contributed by atoms with Gasteiger partial charge in [-0.2, -0.15) is 0 Å². The van der Waals surface area contributed by atoms with Crippen LogP contribution in [0.15, 0.2) is 441 Å². The number of benzene rings is 22. The molecule has 30 rings (SSSR count). The zero-order chi connectivity index (χ0) is 87.5. The molecule has 0 saturated heterocycles. The summed E-state index contributed by atoms with van der Waals surface area (Å²) in [5, 5.41) is 30.7. The van der Waals surface area contributed by atoms with Crippen LogP contribution >= 0.6 is 11.3 Å². The van der Waals surface area contributed by atoms with Gasteiger partial charge >= 0.3 is 0 Å². The average Bonchev–Trinajstić information content (AvgIpc) is 1.55. The molecule has 9 nitrogen and oxygen atoms in total. The maximum absolute atomic E-state index is 6.58. The van der Waals surface area contributed by atoms with Crippen molar-refractivity contribution >= 4 is 227 Å². The fourth-order valence-corrected chi connectivity index (χ4v) is 23.3. The van der Waals surface area contributed by atoms with Crippen LogP contribution < -0.4 is 0 Å². The molecule has 620 valence electrons. The Morgan fingerprint density at radius 1 is 0.194 bits per heavy atom. The van der Waals surface area contributed by atoms with Gasteiger partial charge in [0.05, 0.1) is 77.9 Å². The normalized spacial score (nSPS) is 12.2. The van der Waals surface area contributed by atoms with Gasteiger partial charge in [-0.15, -0.1) is 11.3 Å². The second-order valence-electron chi connectivity index (χ2n) is 35.4. The third kappa shape index (κ3) is 11.2. The molecule has 0 atom stereocenters. The van der Waals surface area contributed by atoms with Gasteiger partial charge < -0.3 is 22.7 Å². The van der Waals surface area contributed by atoms with Crippen molar-refractivity contribution in [2.75, 3.05) is 0 Å². The molecule has 0 aliphatic rings. The first-order valence-electron chi connectivity index (χ1n) is 45.6. The van der Waals surface area contributed by atoms with Gasteiger partial charge in [-0.1, -0.05) is 303 Å². The van der Waals surface area contributed by atoms with E-state index in [9.17, 15) is 0 Å². The highest BCUT2D eigenvalue weighted by molar-refractivity contribution is 7.26. The number of thiophene rings is 1. The van der Waals surface area contributed by atoms with E-state index >= 15 is 0 Å². The van der Waals surface area contributed by atoms with Gasteiger partial charge in [0.25, 0.3) is 0 Å². The van der Waals surface area contributed by atoms with Crippen molar-refractivity contribution < 1.29 is 4.42 Å². The fraction of sp³-hybridized carbons (Fsp3) is 0. The predicted molar refractivity (Wildman–Crippen MR) is 563 cm³/mol. The SMILES string of the molecule is c1ccc2cc3c(cc2c1)c1ccccc1n3-c1ccc2c3cc4ccccc4cc3n(-c3ccc(-c4nc(-c5cccc6c5oc5ccccc56)c5ccccc5n4)c4ccccc34)c2c1.c1ccc2cc3c(cc2c1)c1ccccc1n3-c1ccc2c3cc4ccccc4cc3n(-c3cccc4c(-c5nc(-c6cccc7c6sc6ccccc67)c6ccccc6n5)cccc34)c2c1. The van der Waals surface area contributed by atoms with Crippen molar-refractivity contribution in [3.63, 3.8) is 0 Å². The molecule has 0 aliphatic carbocycles. The topological polar surface area (TPSA) is 84.4 Å². The number of rotatable bonds is 8. The lowest BCUT2D eigenvalue weighted by Crippen LogP contribution is -2.00. The molecule has 0 unspecified atom stereocenters. The van der Waals surface area contributed by atoms with E-state index in [2.05, 4.69) is 437 Å². The molecular formula is C124H72N8OS. The summed E-state index contributed by atoms with van der Waals surface area (Å²) in [6, 6.07) is 158. The largest absolute Gasteiger partial charge is 0.455 e. The quantitative estimate of drug-likeness (QED) is 0.151. The minimum Gasteiger partial charge on any atom is -0.455 e. The van der Waals surface area contributed by atoms with Crippen molar-refractivity contribution in [3.8, 4) is 68.0 Å². The maximum Gasteiger partial charge on any atom is 0.161 e. The minimum atomic E-state index is 0.666. The Morgan fingerprint density at radius 3 is 1.07 bits per heavy atom. The summed E-state index contributed by atoms with van der Waals surface area (Å²) in [5.74, 6) is 1.38. The first-order valence-corrected chi connectivity index (χ1v) is 46.4. The summed E-state index contributed by atoms with van der Waals surface area (Å²) in [6.45, 7) is 0. The molecule has 0 saturated carbocycles. The first-order chi connectivity index (χ1) is 66.4. The molecule has 30 aromatic rings. The third-order valence-electron chi connectivity index (χ3n) is 28.1. The highest BCUT2D eigenvalue weighted by Crippen LogP contribution is 2.49. The Bertz CT molecular complexity index is 9810. The van der Waals surface area contributed by atoms with Crippen LogP contribution in [0.25, 0.3) is 284 Å². The van der Waals surface area contributed by atoms with Crippen molar-refractivity contribution in [1.29, 1.82) is 0 Å². The van der Waals surface area contributed by atoms with E-state index in [1.807, 2.05) is 29.5 Å². The number of furan rings is 1. The van der Waals surface area contributed by atoms with Crippen molar-refractivity contribution in [2.45, 2.75) is 0 Å². The van der Waals surface area contributed by atoms with E-state index in [4.69, 9.17) is 24.4 Å². The predicted octanol–water partition coefficient (Wildman–Crippen LogP) is 33.5. The Hall–Kier alpha value is -17.7. The van der Waals surface area contributed by atoms with Crippen molar-refractivity contribution in [3.05, 3.63) is 437 Å². The molecule has 10 heteroatoms. The molecule has 0 spiro atoms. The van der Waals surface area contributed by atoms with Crippen LogP contribution in [0, 0.1) is 0 Å². The van der Waals surface area contributed by atoms with Crippen LogP contribution in [0.4, 0.5) is 0 Å². The van der Waals surface area contributed by atoms with Crippen LogP contribution in [0.5, 0.6) is 0 Å². The molecule has 0 fully saturated rings. The van der Waals surface area contributed by atoms with Gasteiger partial charge in [-0.3, -0.25) is 0 Å². The highest BCUT2D eigenvalue weighted by atomic mass is 32.1. The molecule has 22 aromatic carbocycles. The van der Waals surface area contributed by atoms with E-state index in [0.717, 1.165) is 144 Å². The number of hydrogen-bond donors (Lipinski definition) is 0. The Labute approximate surface area is 769 Å².